The number of carbonyl (C=O) groups excluding carboxylic acids is 3. The van der Waals surface area contributed by atoms with E-state index in [9.17, 15) is 24.5 Å². The maximum atomic E-state index is 12.8. The van der Waals surface area contributed by atoms with Gasteiger partial charge in [-0.3, -0.25) is 29.4 Å². The number of aryl methyl sites for hydroxylation is 1. The summed E-state index contributed by atoms with van der Waals surface area (Å²) in [4.78, 5) is 49.1. The second-order valence-corrected chi connectivity index (χ2v) is 9.14. The molecule has 1 aliphatic heterocycles. The highest BCUT2D eigenvalue weighted by Gasteiger charge is 2.36. The number of amides is 3. The maximum absolute atomic E-state index is 12.8. The lowest BCUT2D eigenvalue weighted by molar-refractivity contribution is -0.384. The number of nitro benzene ring substituents is 1. The molecule has 0 atom stereocenters. The molecule has 10 heteroatoms. The number of nitro groups is 1. The van der Waals surface area contributed by atoms with E-state index in [1.54, 1.807) is 54.6 Å². The number of imide groups is 1. The predicted molar refractivity (Wildman–Crippen MR) is 141 cm³/mol. The Bertz CT molecular complexity index is 1370. The molecular formula is C27H23N3O6S. The lowest BCUT2D eigenvalue weighted by Crippen LogP contribution is -2.36. The molecule has 1 fully saturated rings. The standard InChI is InChI=1S/C27H23N3O6S/c1-2-18-6-10-21(11-7-18)28-25(31)16-29-26(32)24(37-27(29)33)15-20-4-3-5-23(14-20)36-17-19-8-12-22(13-9-19)30(34)35/h3-15H,2,16-17H2,1H3,(H,28,31)/b24-15+. The monoisotopic (exact) mass is 517 g/mol. The van der Waals surface area contributed by atoms with Gasteiger partial charge in [0.1, 0.15) is 18.9 Å². The Labute approximate surface area is 217 Å². The summed E-state index contributed by atoms with van der Waals surface area (Å²) in [5, 5.41) is 13.0. The fourth-order valence-electron chi connectivity index (χ4n) is 3.53. The van der Waals surface area contributed by atoms with Crippen molar-refractivity contribution in [3.05, 3.63) is 105 Å². The van der Waals surface area contributed by atoms with Gasteiger partial charge in [-0.05, 0) is 77.3 Å². The van der Waals surface area contributed by atoms with Gasteiger partial charge < -0.3 is 10.1 Å². The van der Waals surface area contributed by atoms with Crippen LogP contribution in [0, 0.1) is 10.1 Å². The number of benzene rings is 3. The molecule has 4 rings (SSSR count). The van der Waals surface area contributed by atoms with Crippen molar-refractivity contribution >= 4 is 46.3 Å². The summed E-state index contributed by atoms with van der Waals surface area (Å²) in [5.41, 5.74) is 3.14. The van der Waals surface area contributed by atoms with Crippen LogP contribution in [-0.2, 0) is 22.6 Å². The van der Waals surface area contributed by atoms with Crippen LogP contribution in [0.2, 0.25) is 0 Å². The number of anilines is 1. The van der Waals surface area contributed by atoms with E-state index >= 15 is 0 Å². The fourth-order valence-corrected chi connectivity index (χ4v) is 4.37. The Balaban J connectivity index is 1.37. The lowest BCUT2D eigenvalue weighted by Gasteiger charge is -2.12. The van der Waals surface area contributed by atoms with Gasteiger partial charge in [0.25, 0.3) is 16.8 Å². The van der Waals surface area contributed by atoms with Crippen LogP contribution in [0.3, 0.4) is 0 Å². The van der Waals surface area contributed by atoms with Gasteiger partial charge in [-0.1, -0.05) is 31.2 Å². The van der Waals surface area contributed by atoms with Crippen LogP contribution in [0.25, 0.3) is 6.08 Å². The third kappa shape index (κ3) is 6.62. The predicted octanol–water partition coefficient (Wildman–Crippen LogP) is 5.41. The van der Waals surface area contributed by atoms with Gasteiger partial charge in [0.05, 0.1) is 9.83 Å². The largest absolute Gasteiger partial charge is 0.489 e. The molecule has 0 aliphatic carbocycles. The van der Waals surface area contributed by atoms with Gasteiger partial charge in [-0.25, -0.2) is 0 Å². The van der Waals surface area contributed by atoms with E-state index in [0.29, 0.717) is 17.0 Å². The van der Waals surface area contributed by atoms with E-state index < -0.39 is 22.0 Å². The zero-order chi connectivity index (χ0) is 26.4. The molecule has 0 spiro atoms. The van der Waals surface area contributed by atoms with Crippen LogP contribution in [0.5, 0.6) is 5.75 Å². The number of nitrogens with one attached hydrogen (secondary N) is 1. The molecule has 3 amide bonds. The van der Waals surface area contributed by atoms with Crippen LogP contribution >= 0.6 is 11.8 Å². The molecule has 1 saturated heterocycles. The second kappa shape index (κ2) is 11.5. The summed E-state index contributed by atoms with van der Waals surface area (Å²) in [6, 6.07) is 20.4. The number of carbonyl (C=O) groups is 3. The van der Waals surface area contributed by atoms with Gasteiger partial charge in [0.2, 0.25) is 5.91 Å². The van der Waals surface area contributed by atoms with Gasteiger partial charge in [0, 0.05) is 17.8 Å². The van der Waals surface area contributed by atoms with Crippen molar-refractivity contribution < 1.29 is 24.0 Å². The minimum atomic E-state index is -0.538. The van der Waals surface area contributed by atoms with Gasteiger partial charge in [0.15, 0.2) is 0 Å². The molecule has 9 nitrogen and oxygen atoms in total. The molecule has 1 N–H and O–H groups in total. The summed E-state index contributed by atoms with van der Waals surface area (Å²) in [6.45, 7) is 1.86. The Morgan fingerprint density at radius 1 is 1.05 bits per heavy atom. The smallest absolute Gasteiger partial charge is 0.294 e. The Hall–Kier alpha value is -4.44. The molecule has 3 aromatic rings. The van der Waals surface area contributed by atoms with Crippen LogP contribution in [0.15, 0.2) is 77.7 Å². The lowest BCUT2D eigenvalue weighted by atomic mass is 10.1. The van der Waals surface area contributed by atoms with E-state index in [2.05, 4.69) is 5.32 Å². The third-order valence-electron chi connectivity index (χ3n) is 5.53. The highest BCUT2D eigenvalue weighted by atomic mass is 32.2. The Morgan fingerprint density at radius 3 is 2.43 bits per heavy atom. The highest BCUT2D eigenvalue weighted by molar-refractivity contribution is 8.18. The van der Waals surface area contributed by atoms with Crippen molar-refractivity contribution in [3.8, 4) is 5.75 Å². The van der Waals surface area contributed by atoms with E-state index in [1.807, 2.05) is 19.1 Å². The van der Waals surface area contributed by atoms with Crippen LogP contribution in [0.1, 0.15) is 23.6 Å². The number of hydrogen-bond donors (Lipinski definition) is 1. The maximum Gasteiger partial charge on any atom is 0.294 e. The van der Waals surface area contributed by atoms with E-state index in [0.717, 1.165) is 34.2 Å². The van der Waals surface area contributed by atoms with Crippen molar-refractivity contribution in [2.45, 2.75) is 20.0 Å². The molecular weight excluding hydrogens is 494 g/mol. The number of rotatable bonds is 9. The van der Waals surface area contributed by atoms with Crippen LogP contribution in [-0.4, -0.2) is 33.4 Å². The quantitative estimate of drug-likeness (QED) is 0.229. The molecule has 188 valence electrons. The second-order valence-electron chi connectivity index (χ2n) is 8.15. The summed E-state index contributed by atoms with van der Waals surface area (Å²) in [6.07, 6.45) is 2.46. The first-order chi connectivity index (χ1) is 17.8. The van der Waals surface area contributed by atoms with Gasteiger partial charge in [-0.2, -0.15) is 0 Å². The molecule has 0 bridgehead atoms. The first kappa shape index (κ1) is 25.6. The van der Waals surface area contributed by atoms with E-state index in [-0.39, 0.29) is 23.7 Å². The topological polar surface area (TPSA) is 119 Å². The summed E-state index contributed by atoms with van der Waals surface area (Å²) in [7, 11) is 0. The summed E-state index contributed by atoms with van der Waals surface area (Å²) < 4.78 is 5.77. The molecule has 37 heavy (non-hydrogen) atoms. The minimum absolute atomic E-state index is 0.00260. The van der Waals surface area contributed by atoms with E-state index in [4.69, 9.17) is 4.74 Å². The van der Waals surface area contributed by atoms with Gasteiger partial charge >= 0.3 is 0 Å². The number of non-ortho nitro benzene ring substituents is 1. The Kier molecular flexibility index (Phi) is 7.99. The van der Waals surface area contributed by atoms with Crippen molar-refractivity contribution in [3.63, 3.8) is 0 Å². The number of hydrogen-bond acceptors (Lipinski definition) is 7. The number of ether oxygens (including phenoxy) is 1. The van der Waals surface area contributed by atoms with Crippen molar-refractivity contribution in [1.29, 1.82) is 0 Å². The molecule has 1 heterocycles. The molecule has 0 radical (unpaired) electrons. The van der Waals surface area contributed by atoms with E-state index in [1.165, 1.54) is 12.1 Å². The normalized spacial score (nSPS) is 14.2. The zero-order valence-corrected chi connectivity index (χ0v) is 20.7. The zero-order valence-electron chi connectivity index (χ0n) is 19.9. The summed E-state index contributed by atoms with van der Waals surface area (Å²) >= 11 is 0.772. The first-order valence-corrected chi connectivity index (χ1v) is 12.2. The first-order valence-electron chi connectivity index (χ1n) is 11.4. The molecule has 0 unspecified atom stereocenters. The SMILES string of the molecule is CCc1ccc(NC(=O)CN2C(=O)S/C(=C/c3cccc(OCc4ccc([N+](=O)[O-])cc4)c3)C2=O)cc1. The fraction of sp³-hybridized carbons (Fsp3) is 0.148. The van der Waals surface area contributed by atoms with Crippen molar-refractivity contribution in [1.82, 2.24) is 4.90 Å². The average Bonchev–Trinajstić information content (AvgIpc) is 3.15. The number of thioether (sulfide) groups is 1. The highest BCUT2D eigenvalue weighted by Crippen LogP contribution is 2.32. The van der Waals surface area contributed by atoms with Crippen molar-refractivity contribution in [2.24, 2.45) is 0 Å². The summed E-state index contributed by atoms with van der Waals surface area (Å²) in [5.74, 6) is -0.474. The molecule has 0 aromatic heterocycles. The molecule has 3 aromatic carbocycles. The number of nitrogens with zero attached hydrogens (tertiary/aromatic N) is 2. The Morgan fingerprint density at radius 2 is 1.76 bits per heavy atom. The van der Waals surface area contributed by atoms with Crippen LogP contribution in [0.4, 0.5) is 16.2 Å². The molecule has 1 aliphatic rings. The van der Waals surface area contributed by atoms with Crippen molar-refractivity contribution in [2.75, 3.05) is 11.9 Å². The van der Waals surface area contributed by atoms with Crippen LogP contribution < -0.4 is 10.1 Å². The minimum Gasteiger partial charge on any atom is -0.489 e. The molecule has 0 saturated carbocycles. The third-order valence-corrected chi connectivity index (χ3v) is 6.44. The average molecular weight is 518 g/mol. The van der Waals surface area contributed by atoms with Gasteiger partial charge in [-0.15, -0.1) is 0 Å².